The Labute approximate surface area is 156 Å². The third kappa shape index (κ3) is 4.27. The second kappa shape index (κ2) is 8.23. The molecule has 0 atom stereocenters. The molecular formula is C21H31N3O2. The molecule has 0 aliphatic heterocycles. The first-order valence-electron chi connectivity index (χ1n) is 9.57. The van der Waals surface area contributed by atoms with Gasteiger partial charge < -0.3 is 14.5 Å². The van der Waals surface area contributed by atoms with E-state index in [-0.39, 0.29) is 12.2 Å². The summed E-state index contributed by atoms with van der Waals surface area (Å²) in [6, 6.07) is 8.70. The van der Waals surface area contributed by atoms with Crippen molar-refractivity contribution in [2.24, 2.45) is 0 Å². The van der Waals surface area contributed by atoms with Crippen molar-refractivity contribution in [3.05, 3.63) is 36.0 Å². The van der Waals surface area contributed by atoms with E-state index in [1.54, 1.807) is 4.57 Å². The Morgan fingerprint density at radius 3 is 2.46 bits per heavy atom. The first-order chi connectivity index (χ1) is 12.5. The van der Waals surface area contributed by atoms with E-state index in [0.717, 1.165) is 49.6 Å². The number of rotatable bonds is 5. The van der Waals surface area contributed by atoms with Crippen molar-refractivity contribution >= 4 is 17.0 Å². The second-order valence-corrected chi connectivity index (χ2v) is 7.87. The highest BCUT2D eigenvalue weighted by Crippen LogP contribution is 2.26. The van der Waals surface area contributed by atoms with Gasteiger partial charge in [-0.25, -0.2) is 4.79 Å². The van der Waals surface area contributed by atoms with Crippen LogP contribution in [-0.2, 0) is 11.2 Å². The van der Waals surface area contributed by atoms with Crippen molar-refractivity contribution < 1.29 is 9.53 Å². The van der Waals surface area contributed by atoms with Gasteiger partial charge in [0.15, 0.2) is 0 Å². The zero-order chi connectivity index (χ0) is 18.7. The second-order valence-electron chi connectivity index (χ2n) is 7.87. The van der Waals surface area contributed by atoms with E-state index < -0.39 is 0 Å². The number of fused-ring (bicyclic) bond motifs is 1. The van der Waals surface area contributed by atoms with Crippen molar-refractivity contribution in [1.29, 1.82) is 0 Å². The average Bonchev–Trinajstić information content (AvgIpc) is 2.99. The number of para-hydroxylation sites is 1. The minimum atomic E-state index is -0.245. The van der Waals surface area contributed by atoms with Gasteiger partial charge in [-0.05, 0) is 71.9 Å². The Morgan fingerprint density at radius 1 is 1.12 bits per heavy atom. The van der Waals surface area contributed by atoms with Crippen LogP contribution >= 0.6 is 0 Å². The van der Waals surface area contributed by atoms with E-state index in [1.165, 1.54) is 5.56 Å². The lowest BCUT2D eigenvalue weighted by Gasteiger charge is -2.32. The first kappa shape index (κ1) is 18.9. The lowest BCUT2D eigenvalue weighted by molar-refractivity contribution is 0.0586. The molecular weight excluding hydrogens is 326 g/mol. The molecule has 0 saturated heterocycles. The molecule has 5 heteroatoms. The van der Waals surface area contributed by atoms with Gasteiger partial charge in [0.1, 0.15) is 6.10 Å². The third-order valence-electron chi connectivity index (χ3n) is 5.46. The fourth-order valence-corrected chi connectivity index (χ4v) is 3.82. The lowest BCUT2D eigenvalue weighted by atomic mass is 9.92. The summed E-state index contributed by atoms with van der Waals surface area (Å²) in [7, 11) is 8.38. The fourth-order valence-electron chi connectivity index (χ4n) is 3.82. The van der Waals surface area contributed by atoms with Crippen LogP contribution in [0.15, 0.2) is 30.5 Å². The Balaban J connectivity index is 1.72. The van der Waals surface area contributed by atoms with Crippen molar-refractivity contribution in [3.63, 3.8) is 0 Å². The van der Waals surface area contributed by atoms with Crippen LogP contribution in [0.2, 0.25) is 0 Å². The summed E-state index contributed by atoms with van der Waals surface area (Å²) >= 11 is 0. The lowest BCUT2D eigenvalue weighted by Crippen LogP contribution is -2.35. The molecule has 2 aromatic rings. The fraction of sp³-hybridized carbons (Fsp3) is 0.571. The molecule has 0 amide bonds. The van der Waals surface area contributed by atoms with Gasteiger partial charge in [0.2, 0.25) is 0 Å². The highest BCUT2D eigenvalue weighted by Gasteiger charge is 2.26. The molecule has 0 spiro atoms. The largest absolute Gasteiger partial charge is 0.446 e. The number of aromatic nitrogens is 1. The molecule has 1 aromatic heterocycles. The number of hydrogen-bond acceptors (Lipinski definition) is 4. The van der Waals surface area contributed by atoms with Gasteiger partial charge >= 0.3 is 6.09 Å². The number of nitrogens with zero attached hydrogens (tertiary/aromatic N) is 3. The molecule has 0 N–H and O–H groups in total. The Morgan fingerprint density at radius 2 is 1.81 bits per heavy atom. The molecule has 1 aliphatic rings. The van der Waals surface area contributed by atoms with Crippen molar-refractivity contribution in [2.75, 3.05) is 34.7 Å². The van der Waals surface area contributed by atoms with Crippen molar-refractivity contribution in [2.45, 2.75) is 44.2 Å². The molecule has 5 nitrogen and oxygen atoms in total. The van der Waals surface area contributed by atoms with Crippen molar-refractivity contribution in [3.8, 4) is 0 Å². The summed E-state index contributed by atoms with van der Waals surface area (Å²) in [5, 5.41) is 1.14. The van der Waals surface area contributed by atoms with E-state index in [9.17, 15) is 4.79 Å². The number of ether oxygens (including phenoxy) is 1. The Bertz CT molecular complexity index is 743. The molecule has 0 unspecified atom stereocenters. The maximum absolute atomic E-state index is 12.8. The van der Waals surface area contributed by atoms with Crippen LogP contribution in [0.5, 0.6) is 0 Å². The minimum absolute atomic E-state index is 0.0325. The van der Waals surface area contributed by atoms with Gasteiger partial charge in [0.25, 0.3) is 0 Å². The maximum Gasteiger partial charge on any atom is 0.418 e. The van der Waals surface area contributed by atoms with Crippen molar-refractivity contribution in [1.82, 2.24) is 14.4 Å². The SMILES string of the molecule is CN(C)CCc1cn(C(=O)OC2CCC(N(C)C)CC2)c2ccccc12. The van der Waals surface area contributed by atoms with Gasteiger partial charge in [0.05, 0.1) is 5.52 Å². The van der Waals surface area contributed by atoms with Crippen LogP contribution in [0.25, 0.3) is 10.9 Å². The third-order valence-corrected chi connectivity index (χ3v) is 5.46. The predicted octanol–water partition coefficient (Wildman–Crippen LogP) is 3.60. The van der Waals surface area contributed by atoms with Gasteiger partial charge in [-0.2, -0.15) is 0 Å². The number of carbonyl (C=O) groups is 1. The van der Waals surface area contributed by atoms with Crippen LogP contribution in [-0.4, -0.2) is 67.3 Å². The summed E-state index contributed by atoms with van der Waals surface area (Å²) in [6.45, 7) is 0.956. The van der Waals surface area contributed by atoms with Crippen LogP contribution in [0, 0.1) is 0 Å². The molecule has 26 heavy (non-hydrogen) atoms. The average molecular weight is 357 g/mol. The van der Waals surface area contributed by atoms with Crippen LogP contribution in [0.3, 0.4) is 0 Å². The van der Waals surface area contributed by atoms with Crippen LogP contribution in [0.1, 0.15) is 31.2 Å². The number of hydrogen-bond donors (Lipinski definition) is 0. The summed E-state index contributed by atoms with van der Waals surface area (Å²) in [5.41, 5.74) is 2.13. The summed E-state index contributed by atoms with van der Waals surface area (Å²) in [4.78, 5) is 17.2. The molecule has 1 saturated carbocycles. The normalized spacial score (nSPS) is 20.8. The van der Waals surface area contributed by atoms with E-state index in [2.05, 4.69) is 44.1 Å². The smallest absolute Gasteiger partial charge is 0.418 e. The zero-order valence-corrected chi connectivity index (χ0v) is 16.4. The summed E-state index contributed by atoms with van der Waals surface area (Å²) in [5.74, 6) is 0. The quantitative estimate of drug-likeness (QED) is 0.819. The van der Waals surface area contributed by atoms with Crippen LogP contribution in [0.4, 0.5) is 4.79 Å². The first-order valence-corrected chi connectivity index (χ1v) is 9.57. The van der Waals surface area contributed by atoms with E-state index >= 15 is 0 Å². The van der Waals surface area contributed by atoms with Gasteiger partial charge in [0, 0.05) is 24.2 Å². The maximum atomic E-state index is 12.8. The van der Waals surface area contributed by atoms with Gasteiger partial charge in [-0.3, -0.25) is 4.57 Å². The highest BCUT2D eigenvalue weighted by atomic mass is 16.6. The summed E-state index contributed by atoms with van der Waals surface area (Å²) in [6.07, 6.45) is 6.74. The van der Waals surface area contributed by atoms with Gasteiger partial charge in [-0.15, -0.1) is 0 Å². The summed E-state index contributed by atoms with van der Waals surface area (Å²) < 4.78 is 7.54. The zero-order valence-electron chi connectivity index (χ0n) is 16.4. The molecule has 1 heterocycles. The minimum Gasteiger partial charge on any atom is -0.446 e. The molecule has 1 aliphatic carbocycles. The van der Waals surface area contributed by atoms with Crippen LogP contribution < -0.4 is 0 Å². The number of benzene rings is 1. The molecule has 1 aromatic carbocycles. The monoisotopic (exact) mass is 357 g/mol. The molecule has 0 radical (unpaired) electrons. The highest BCUT2D eigenvalue weighted by molar-refractivity contribution is 5.92. The predicted molar refractivity (Wildman–Crippen MR) is 106 cm³/mol. The standard InChI is InChI=1S/C21H31N3O2/c1-22(2)14-13-16-15-24(20-8-6-5-7-19(16)20)21(25)26-18-11-9-17(10-12-18)23(3)4/h5-8,15,17-18H,9-14H2,1-4H3. The topological polar surface area (TPSA) is 37.7 Å². The Hall–Kier alpha value is -1.85. The molecule has 1 fully saturated rings. The number of carbonyl (C=O) groups excluding carboxylic acids is 1. The van der Waals surface area contributed by atoms with E-state index in [0.29, 0.717) is 6.04 Å². The van der Waals surface area contributed by atoms with E-state index in [4.69, 9.17) is 4.74 Å². The molecule has 3 rings (SSSR count). The number of likely N-dealkylation sites (N-methyl/N-ethyl adjacent to an activating group) is 1. The van der Waals surface area contributed by atoms with E-state index in [1.807, 2.05) is 24.4 Å². The molecule has 0 bridgehead atoms. The Kier molecular flexibility index (Phi) is 5.99. The molecule has 142 valence electrons. The van der Waals surface area contributed by atoms with Gasteiger partial charge in [-0.1, -0.05) is 18.2 Å².